The lowest BCUT2D eigenvalue weighted by Gasteiger charge is -2.22. The number of nitrogens with one attached hydrogen (secondary N) is 1. The summed E-state index contributed by atoms with van der Waals surface area (Å²) in [4.78, 5) is 23.1. The van der Waals surface area contributed by atoms with Crippen molar-refractivity contribution in [2.45, 2.75) is 18.6 Å². The van der Waals surface area contributed by atoms with Crippen LogP contribution in [0.25, 0.3) is 0 Å². The maximum absolute atomic E-state index is 11.3. The van der Waals surface area contributed by atoms with Gasteiger partial charge in [-0.2, -0.15) is 5.10 Å². The summed E-state index contributed by atoms with van der Waals surface area (Å²) < 4.78 is 0. The monoisotopic (exact) mass is 296 g/mol. The summed E-state index contributed by atoms with van der Waals surface area (Å²) in [6, 6.07) is 3.80. The Morgan fingerprint density at radius 1 is 1.58 bits per heavy atom. The number of nitrogens with zero attached hydrogens (tertiary/aromatic N) is 2. The zero-order chi connectivity index (χ0) is 13.8. The maximum atomic E-state index is 11.3. The molecular weight excluding hydrogens is 286 g/mol. The van der Waals surface area contributed by atoms with Gasteiger partial charge in [-0.1, -0.05) is 17.8 Å². The number of hydrogen-bond donors (Lipinski definition) is 1. The van der Waals surface area contributed by atoms with Crippen LogP contribution in [0.4, 0.5) is 0 Å². The van der Waals surface area contributed by atoms with Crippen LogP contribution in [0.1, 0.15) is 18.2 Å². The number of amidine groups is 1. The molecule has 1 N–H and O–H groups in total. The molecule has 1 aromatic rings. The van der Waals surface area contributed by atoms with Crippen molar-refractivity contribution in [3.05, 3.63) is 22.4 Å². The fourth-order valence-corrected chi connectivity index (χ4v) is 2.91. The van der Waals surface area contributed by atoms with Crippen LogP contribution in [0.15, 0.2) is 27.7 Å². The molecule has 0 saturated carbocycles. The summed E-state index contributed by atoms with van der Waals surface area (Å²) in [6.07, 6.45) is -0.111. The van der Waals surface area contributed by atoms with Crippen molar-refractivity contribution in [3.8, 4) is 0 Å². The lowest BCUT2D eigenvalue weighted by Crippen LogP contribution is -2.44. The van der Waals surface area contributed by atoms with Gasteiger partial charge in [-0.3, -0.25) is 4.79 Å². The van der Waals surface area contributed by atoms with Gasteiger partial charge in [0.15, 0.2) is 5.17 Å². The summed E-state index contributed by atoms with van der Waals surface area (Å²) >= 11 is 2.46. The molecule has 0 unspecified atom stereocenters. The third-order valence-electron chi connectivity index (χ3n) is 2.30. The smallest absolute Gasteiger partial charge is 0.227 e. The average Bonchev–Trinajstić information content (AvgIpc) is 2.89. The topological polar surface area (TPSA) is 94.0 Å². The molecule has 2 heterocycles. The van der Waals surface area contributed by atoms with Crippen LogP contribution in [0.5, 0.6) is 0 Å². The van der Waals surface area contributed by atoms with Gasteiger partial charge in [-0.15, -0.1) is 16.4 Å². The van der Waals surface area contributed by atoms with E-state index in [0.717, 1.165) is 16.6 Å². The van der Waals surface area contributed by atoms with Crippen LogP contribution in [-0.2, 0) is 9.59 Å². The molecule has 2 rings (SSSR count). The maximum Gasteiger partial charge on any atom is 0.227 e. The Morgan fingerprint density at radius 2 is 2.37 bits per heavy atom. The summed E-state index contributed by atoms with van der Waals surface area (Å²) in [6.45, 7) is 1.79. The molecule has 6 nitrogen and oxygen atoms in total. The first kappa shape index (κ1) is 13.8. The Bertz CT molecular complexity index is 552. The van der Waals surface area contributed by atoms with Gasteiger partial charge in [-0.05, 0) is 18.4 Å². The Hall–Kier alpha value is -1.67. The third kappa shape index (κ3) is 3.65. The van der Waals surface area contributed by atoms with Gasteiger partial charge in [0.25, 0.3) is 0 Å². The Morgan fingerprint density at radius 3 is 3.00 bits per heavy atom. The van der Waals surface area contributed by atoms with Crippen molar-refractivity contribution in [1.82, 2.24) is 5.32 Å². The van der Waals surface area contributed by atoms with E-state index in [1.165, 1.54) is 11.3 Å². The second-order valence-corrected chi connectivity index (χ2v) is 5.88. The minimum Gasteiger partial charge on any atom is -0.549 e. The zero-order valence-electron chi connectivity index (χ0n) is 9.95. The number of rotatable bonds is 3. The first-order valence-electron chi connectivity index (χ1n) is 5.40. The highest BCUT2D eigenvalue weighted by Crippen LogP contribution is 2.20. The van der Waals surface area contributed by atoms with Crippen molar-refractivity contribution in [2.24, 2.45) is 10.2 Å². The van der Waals surface area contributed by atoms with Gasteiger partial charge in [-0.25, -0.2) is 0 Å². The SMILES string of the molecule is C/C(=N/N=C1\NC(=O)C[C@@H](C(=O)[O-])S1)c1cccs1. The number of aliphatic carboxylic acids is 1. The molecule has 0 aliphatic carbocycles. The van der Waals surface area contributed by atoms with E-state index in [1.54, 1.807) is 6.92 Å². The van der Waals surface area contributed by atoms with Crippen LogP contribution in [0.3, 0.4) is 0 Å². The first-order valence-corrected chi connectivity index (χ1v) is 7.15. The molecule has 1 aliphatic heterocycles. The van der Waals surface area contributed by atoms with Gasteiger partial charge < -0.3 is 15.2 Å². The number of hydrogen-bond acceptors (Lipinski definition) is 7. The Labute approximate surface area is 117 Å². The van der Waals surface area contributed by atoms with Crippen molar-refractivity contribution in [3.63, 3.8) is 0 Å². The Kier molecular flexibility index (Phi) is 4.33. The zero-order valence-corrected chi connectivity index (χ0v) is 11.6. The van der Waals surface area contributed by atoms with Gasteiger partial charge in [0.2, 0.25) is 5.91 Å². The molecule has 0 bridgehead atoms. The molecule has 0 radical (unpaired) electrons. The van der Waals surface area contributed by atoms with Crippen LogP contribution >= 0.6 is 23.1 Å². The standard InChI is InChI=1S/C11H11N3O3S2/c1-6(7-3-2-4-18-7)13-14-11-12-9(15)5-8(19-11)10(16)17/h2-4,8H,5H2,1H3,(H,16,17)(H,12,14,15)/p-1/b13-6-/t8-/m0/s1. The number of carboxylic acid groups (broad SMARTS) is 1. The third-order valence-corrected chi connectivity index (χ3v) is 4.33. The lowest BCUT2D eigenvalue weighted by molar-refractivity contribution is -0.304. The predicted octanol–water partition coefficient (Wildman–Crippen LogP) is 0.200. The van der Waals surface area contributed by atoms with Crippen LogP contribution in [0.2, 0.25) is 0 Å². The number of thioether (sulfide) groups is 1. The van der Waals surface area contributed by atoms with E-state index in [-0.39, 0.29) is 11.6 Å². The number of carboxylic acids is 1. The van der Waals surface area contributed by atoms with E-state index in [4.69, 9.17) is 0 Å². The largest absolute Gasteiger partial charge is 0.549 e. The van der Waals surface area contributed by atoms with Gasteiger partial charge in [0.1, 0.15) is 0 Å². The van der Waals surface area contributed by atoms with Crippen molar-refractivity contribution in [2.75, 3.05) is 0 Å². The van der Waals surface area contributed by atoms with E-state index in [0.29, 0.717) is 5.71 Å². The van der Waals surface area contributed by atoms with Gasteiger partial charge in [0, 0.05) is 6.42 Å². The average molecular weight is 296 g/mol. The molecule has 1 saturated heterocycles. The number of carbonyl (C=O) groups is 2. The van der Waals surface area contributed by atoms with E-state index in [1.807, 2.05) is 17.5 Å². The summed E-state index contributed by atoms with van der Waals surface area (Å²) in [5.74, 6) is -1.66. The van der Waals surface area contributed by atoms with E-state index in [2.05, 4.69) is 15.5 Å². The van der Waals surface area contributed by atoms with Crippen LogP contribution in [-0.4, -0.2) is 28.0 Å². The van der Waals surface area contributed by atoms with Gasteiger partial charge >= 0.3 is 0 Å². The molecular formula is C11H10N3O3S2-. The molecule has 1 fully saturated rings. The van der Waals surface area contributed by atoms with Crippen LogP contribution in [0, 0.1) is 0 Å². The normalized spacial score (nSPS) is 22.4. The fraction of sp³-hybridized carbons (Fsp3) is 0.273. The number of carbonyl (C=O) groups excluding carboxylic acids is 2. The van der Waals surface area contributed by atoms with Crippen LogP contribution < -0.4 is 10.4 Å². The number of amides is 1. The highest BCUT2D eigenvalue weighted by molar-refractivity contribution is 8.15. The molecule has 1 atom stereocenters. The van der Waals surface area contributed by atoms with E-state index < -0.39 is 17.1 Å². The number of thiophene rings is 1. The second-order valence-electron chi connectivity index (χ2n) is 3.75. The minimum atomic E-state index is -1.27. The molecule has 0 aromatic carbocycles. The lowest BCUT2D eigenvalue weighted by atomic mass is 10.3. The summed E-state index contributed by atoms with van der Waals surface area (Å²) in [7, 11) is 0. The molecule has 0 spiro atoms. The summed E-state index contributed by atoms with van der Waals surface area (Å²) in [5.41, 5.74) is 0.702. The first-order chi connectivity index (χ1) is 9.06. The van der Waals surface area contributed by atoms with E-state index >= 15 is 0 Å². The van der Waals surface area contributed by atoms with Crippen molar-refractivity contribution >= 4 is 45.9 Å². The molecule has 1 aromatic heterocycles. The van der Waals surface area contributed by atoms with Gasteiger partial charge in [0.05, 0.1) is 21.8 Å². The second kappa shape index (κ2) is 5.98. The minimum absolute atomic E-state index is 0.111. The summed E-state index contributed by atoms with van der Waals surface area (Å²) in [5, 5.41) is 22.3. The quantitative estimate of drug-likeness (QED) is 0.637. The fourth-order valence-electron chi connectivity index (χ4n) is 1.38. The molecule has 19 heavy (non-hydrogen) atoms. The Balaban J connectivity index is 2.12. The van der Waals surface area contributed by atoms with E-state index in [9.17, 15) is 14.7 Å². The molecule has 1 aliphatic rings. The molecule has 1 amide bonds. The molecule has 100 valence electrons. The predicted molar refractivity (Wildman–Crippen MR) is 73.1 cm³/mol. The highest BCUT2D eigenvalue weighted by Gasteiger charge is 2.25. The highest BCUT2D eigenvalue weighted by atomic mass is 32.2. The molecule has 8 heteroatoms. The van der Waals surface area contributed by atoms with Crippen molar-refractivity contribution in [1.29, 1.82) is 0 Å². The van der Waals surface area contributed by atoms with Crippen molar-refractivity contribution < 1.29 is 14.7 Å².